The van der Waals surface area contributed by atoms with Gasteiger partial charge in [0.1, 0.15) is 0 Å². The highest BCUT2D eigenvalue weighted by molar-refractivity contribution is 5.78. The highest BCUT2D eigenvalue weighted by atomic mass is 16.1. The number of hydrogen-bond acceptors (Lipinski definition) is 5. The van der Waals surface area contributed by atoms with E-state index in [2.05, 4.69) is 25.2 Å². The Labute approximate surface area is 129 Å². The van der Waals surface area contributed by atoms with Crippen LogP contribution in [0.3, 0.4) is 0 Å². The fraction of sp³-hybridized carbons (Fsp3) is 0.375. The van der Waals surface area contributed by atoms with Gasteiger partial charge in [0.05, 0.1) is 6.42 Å². The second-order valence-corrected chi connectivity index (χ2v) is 5.38. The molecule has 0 saturated carbocycles. The molecule has 114 valence electrons. The second-order valence-electron chi connectivity index (χ2n) is 5.38. The number of aromatic nitrogens is 3. The molecule has 3 heterocycles. The number of nitrogens with zero attached hydrogens (tertiary/aromatic N) is 4. The van der Waals surface area contributed by atoms with Gasteiger partial charge in [0, 0.05) is 43.9 Å². The molecule has 6 heteroatoms. The molecule has 0 aromatic carbocycles. The summed E-state index contributed by atoms with van der Waals surface area (Å²) in [5.41, 5.74) is 0.926. The summed E-state index contributed by atoms with van der Waals surface area (Å²) in [7, 11) is 0. The van der Waals surface area contributed by atoms with Gasteiger partial charge < -0.3 is 10.2 Å². The molecule has 0 spiro atoms. The van der Waals surface area contributed by atoms with Crippen LogP contribution in [0.5, 0.6) is 0 Å². The Morgan fingerprint density at radius 1 is 1.27 bits per heavy atom. The Bertz CT molecular complexity index is 604. The molecule has 0 radical (unpaired) electrons. The van der Waals surface area contributed by atoms with Gasteiger partial charge in [-0.1, -0.05) is 6.07 Å². The standard InChI is InChI=1S/C16H19N5O/c22-15(10-13-4-1-6-17-11-13)20-12-14-5-2-9-21(14)16-18-7-3-8-19-16/h1,3-4,6-8,11,14H,2,5,9-10,12H2,(H,20,22). The molecular formula is C16H19N5O. The quantitative estimate of drug-likeness (QED) is 0.898. The van der Waals surface area contributed by atoms with Crippen molar-refractivity contribution in [1.82, 2.24) is 20.3 Å². The lowest BCUT2D eigenvalue weighted by molar-refractivity contribution is -0.120. The maximum Gasteiger partial charge on any atom is 0.225 e. The topological polar surface area (TPSA) is 71.0 Å². The van der Waals surface area contributed by atoms with Gasteiger partial charge in [-0.05, 0) is 30.5 Å². The van der Waals surface area contributed by atoms with Crippen LogP contribution in [-0.2, 0) is 11.2 Å². The molecule has 3 rings (SSSR count). The van der Waals surface area contributed by atoms with Gasteiger partial charge in [-0.15, -0.1) is 0 Å². The summed E-state index contributed by atoms with van der Waals surface area (Å²) in [4.78, 5) is 26.8. The fourth-order valence-electron chi connectivity index (χ4n) is 2.73. The van der Waals surface area contributed by atoms with E-state index >= 15 is 0 Å². The van der Waals surface area contributed by atoms with Crippen molar-refractivity contribution in [2.75, 3.05) is 18.0 Å². The van der Waals surface area contributed by atoms with Crippen molar-refractivity contribution in [1.29, 1.82) is 0 Å². The van der Waals surface area contributed by atoms with E-state index in [4.69, 9.17) is 0 Å². The first-order valence-electron chi connectivity index (χ1n) is 7.52. The monoisotopic (exact) mass is 297 g/mol. The zero-order valence-electron chi connectivity index (χ0n) is 12.4. The van der Waals surface area contributed by atoms with Gasteiger partial charge in [0.25, 0.3) is 0 Å². The third kappa shape index (κ3) is 3.58. The minimum absolute atomic E-state index is 0.0221. The third-order valence-electron chi connectivity index (χ3n) is 3.81. The predicted molar refractivity (Wildman–Crippen MR) is 83.4 cm³/mol. The van der Waals surface area contributed by atoms with Crippen LogP contribution in [0.2, 0.25) is 0 Å². The molecule has 0 aliphatic carbocycles. The molecule has 22 heavy (non-hydrogen) atoms. The number of pyridine rings is 1. The Morgan fingerprint density at radius 2 is 2.14 bits per heavy atom. The fourth-order valence-corrected chi connectivity index (χ4v) is 2.73. The highest BCUT2D eigenvalue weighted by Gasteiger charge is 2.26. The zero-order chi connectivity index (χ0) is 15.2. The lowest BCUT2D eigenvalue weighted by Crippen LogP contribution is -2.41. The van der Waals surface area contributed by atoms with Crippen molar-refractivity contribution in [2.45, 2.75) is 25.3 Å². The van der Waals surface area contributed by atoms with E-state index in [0.29, 0.717) is 13.0 Å². The van der Waals surface area contributed by atoms with Crippen LogP contribution in [0.1, 0.15) is 18.4 Å². The lowest BCUT2D eigenvalue weighted by atomic mass is 10.2. The molecular weight excluding hydrogens is 278 g/mol. The van der Waals surface area contributed by atoms with Crippen molar-refractivity contribution in [3.05, 3.63) is 48.5 Å². The van der Waals surface area contributed by atoms with Crippen LogP contribution in [0.15, 0.2) is 43.0 Å². The van der Waals surface area contributed by atoms with Crippen molar-refractivity contribution in [2.24, 2.45) is 0 Å². The van der Waals surface area contributed by atoms with E-state index in [9.17, 15) is 4.79 Å². The Balaban J connectivity index is 1.53. The van der Waals surface area contributed by atoms with Gasteiger partial charge in [-0.25, -0.2) is 9.97 Å². The predicted octanol–water partition coefficient (Wildman–Crippen LogP) is 1.20. The van der Waals surface area contributed by atoms with Crippen LogP contribution < -0.4 is 10.2 Å². The third-order valence-corrected chi connectivity index (χ3v) is 3.81. The summed E-state index contributed by atoms with van der Waals surface area (Å²) in [6.07, 6.45) is 9.43. The molecule has 1 fully saturated rings. The van der Waals surface area contributed by atoms with Crippen molar-refractivity contribution < 1.29 is 4.79 Å². The average Bonchev–Trinajstić information content (AvgIpc) is 3.03. The maximum absolute atomic E-state index is 12.0. The first-order chi connectivity index (χ1) is 10.8. The normalized spacial score (nSPS) is 17.5. The minimum atomic E-state index is 0.0221. The molecule has 2 aromatic heterocycles. The molecule has 0 bridgehead atoms. The highest BCUT2D eigenvalue weighted by Crippen LogP contribution is 2.21. The van der Waals surface area contributed by atoms with Crippen molar-refractivity contribution in [3.63, 3.8) is 0 Å². The van der Waals surface area contributed by atoms with Gasteiger partial charge >= 0.3 is 0 Å². The van der Waals surface area contributed by atoms with Gasteiger partial charge in [-0.2, -0.15) is 0 Å². The molecule has 1 aliphatic rings. The molecule has 1 atom stereocenters. The molecule has 1 saturated heterocycles. The summed E-state index contributed by atoms with van der Waals surface area (Å²) >= 11 is 0. The number of carbonyl (C=O) groups excluding carboxylic acids is 1. The van der Waals surface area contributed by atoms with Crippen molar-refractivity contribution in [3.8, 4) is 0 Å². The van der Waals surface area contributed by atoms with E-state index in [0.717, 1.165) is 30.9 Å². The smallest absolute Gasteiger partial charge is 0.225 e. The molecule has 1 unspecified atom stereocenters. The number of carbonyl (C=O) groups is 1. The molecule has 2 aromatic rings. The summed E-state index contributed by atoms with van der Waals surface area (Å²) < 4.78 is 0. The number of hydrogen-bond donors (Lipinski definition) is 1. The first kappa shape index (κ1) is 14.4. The van der Waals surface area contributed by atoms with E-state index in [1.807, 2.05) is 18.2 Å². The van der Waals surface area contributed by atoms with E-state index < -0.39 is 0 Å². The molecule has 1 N–H and O–H groups in total. The van der Waals surface area contributed by atoms with E-state index in [-0.39, 0.29) is 11.9 Å². The number of rotatable bonds is 5. The number of amides is 1. The van der Waals surface area contributed by atoms with Crippen LogP contribution in [0, 0.1) is 0 Å². The van der Waals surface area contributed by atoms with Crippen LogP contribution in [0.25, 0.3) is 0 Å². The zero-order valence-corrected chi connectivity index (χ0v) is 12.4. The lowest BCUT2D eigenvalue weighted by Gasteiger charge is -2.24. The Morgan fingerprint density at radius 3 is 2.91 bits per heavy atom. The van der Waals surface area contributed by atoms with E-state index in [1.165, 1.54) is 0 Å². The van der Waals surface area contributed by atoms with Crippen molar-refractivity contribution >= 4 is 11.9 Å². The van der Waals surface area contributed by atoms with Gasteiger partial charge in [-0.3, -0.25) is 9.78 Å². The van der Waals surface area contributed by atoms with Gasteiger partial charge in [0.2, 0.25) is 11.9 Å². The maximum atomic E-state index is 12.0. The SMILES string of the molecule is O=C(Cc1cccnc1)NCC1CCCN1c1ncccn1. The van der Waals surface area contributed by atoms with E-state index in [1.54, 1.807) is 24.8 Å². The van der Waals surface area contributed by atoms with Crippen LogP contribution in [-0.4, -0.2) is 40.0 Å². The second kappa shape index (κ2) is 6.98. The number of nitrogens with one attached hydrogen (secondary N) is 1. The average molecular weight is 297 g/mol. The Kier molecular flexibility index (Phi) is 4.58. The first-order valence-corrected chi connectivity index (χ1v) is 7.52. The molecule has 1 amide bonds. The minimum Gasteiger partial charge on any atom is -0.354 e. The van der Waals surface area contributed by atoms with Gasteiger partial charge in [0.15, 0.2) is 0 Å². The largest absolute Gasteiger partial charge is 0.354 e. The molecule has 1 aliphatic heterocycles. The van der Waals surface area contributed by atoms with Crippen LogP contribution in [0.4, 0.5) is 5.95 Å². The van der Waals surface area contributed by atoms with Crippen LogP contribution >= 0.6 is 0 Å². The Hall–Kier alpha value is -2.50. The number of anilines is 1. The summed E-state index contributed by atoms with van der Waals surface area (Å²) in [6.45, 7) is 1.56. The summed E-state index contributed by atoms with van der Waals surface area (Å²) in [6, 6.07) is 5.82. The summed E-state index contributed by atoms with van der Waals surface area (Å²) in [5.74, 6) is 0.764. The summed E-state index contributed by atoms with van der Waals surface area (Å²) in [5, 5.41) is 3.01. The molecule has 6 nitrogen and oxygen atoms in total.